The molecule has 0 saturated heterocycles. The number of nitrogens with one attached hydrogen (secondary N) is 1. The Kier molecular flexibility index (Phi) is 4.56. The topological polar surface area (TPSA) is 68.3 Å². The lowest BCUT2D eigenvalue weighted by atomic mass is 9.86. The van der Waals surface area contributed by atoms with Crippen molar-refractivity contribution in [3.63, 3.8) is 0 Å². The largest absolute Gasteiger partial charge is 0.458 e. The van der Waals surface area contributed by atoms with Crippen LogP contribution in [0.1, 0.15) is 48.0 Å². The van der Waals surface area contributed by atoms with Crippen molar-refractivity contribution in [2.24, 2.45) is 0 Å². The van der Waals surface area contributed by atoms with E-state index in [1.807, 2.05) is 12.1 Å². The molecule has 1 aliphatic rings. The summed E-state index contributed by atoms with van der Waals surface area (Å²) in [5.41, 5.74) is 1.55. The van der Waals surface area contributed by atoms with Gasteiger partial charge in [-0.15, -0.1) is 0 Å². The Labute approximate surface area is 157 Å². The van der Waals surface area contributed by atoms with Crippen molar-refractivity contribution in [1.82, 2.24) is 10.3 Å². The number of halogens is 2. The van der Waals surface area contributed by atoms with Crippen molar-refractivity contribution in [3.8, 4) is 0 Å². The van der Waals surface area contributed by atoms with Crippen LogP contribution in [0.3, 0.4) is 0 Å². The normalized spacial score (nSPS) is 20.7. The highest BCUT2D eigenvalue weighted by Crippen LogP contribution is 2.34. The molecule has 0 bridgehead atoms. The molecule has 0 atom stereocenters. The van der Waals surface area contributed by atoms with Crippen LogP contribution in [0.25, 0.3) is 11.1 Å². The van der Waals surface area contributed by atoms with Crippen LogP contribution in [0.4, 0.5) is 0 Å². The zero-order valence-corrected chi connectivity index (χ0v) is 15.6. The van der Waals surface area contributed by atoms with Gasteiger partial charge in [0.15, 0.2) is 11.5 Å². The average Bonchev–Trinajstić information content (AvgIpc) is 3.21. The number of nitrogens with zero attached hydrogens (tertiary/aromatic N) is 1. The zero-order valence-electron chi connectivity index (χ0n) is 13.3. The predicted octanol–water partition coefficient (Wildman–Crippen LogP) is 5.29. The smallest absolute Gasteiger partial charge is 0.288 e. The lowest BCUT2D eigenvalue weighted by Gasteiger charge is -2.27. The maximum atomic E-state index is 12.2. The molecule has 25 heavy (non-hydrogen) atoms. The highest BCUT2D eigenvalue weighted by atomic mass is 79.9. The Balaban J connectivity index is 1.39. The quantitative estimate of drug-likeness (QED) is 0.621. The van der Waals surface area contributed by atoms with E-state index >= 15 is 0 Å². The van der Waals surface area contributed by atoms with Crippen molar-refractivity contribution in [1.29, 1.82) is 0 Å². The molecule has 0 aliphatic heterocycles. The Morgan fingerprint density at radius 2 is 2.04 bits per heavy atom. The standard InChI is InChI=1S/C18H16BrClN2O3/c19-13-7-8-24-16(13)17(23)21-12-4-1-10(2-5-12)18-22-14-9-11(20)3-6-15(14)25-18/h3,6-10,12H,1-2,4-5H2,(H,21,23). The fourth-order valence-corrected chi connectivity index (χ4v) is 3.83. The summed E-state index contributed by atoms with van der Waals surface area (Å²) in [5.74, 6) is 1.17. The second-order valence-electron chi connectivity index (χ2n) is 6.28. The van der Waals surface area contributed by atoms with E-state index in [9.17, 15) is 4.79 Å². The van der Waals surface area contributed by atoms with Crippen LogP contribution < -0.4 is 5.32 Å². The van der Waals surface area contributed by atoms with Crippen LogP contribution in [-0.4, -0.2) is 16.9 Å². The Hall–Kier alpha value is -1.79. The minimum atomic E-state index is -0.183. The number of rotatable bonds is 3. The number of hydrogen-bond donors (Lipinski definition) is 1. The number of hydrogen-bond acceptors (Lipinski definition) is 4. The summed E-state index contributed by atoms with van der Waals surface area (Å²) < 4.78 is 11.8. The molecule has 0 radical (unpaired) electrons. The van der Waals surface area contributed by atoms with Gasteiger partial charge in [0, 0.05) is 17.0 Å². The summed E-state index contributed by atoms with van der Waals surface area (Å²) in [6, 6.07) is 7.32. The van der Waals surface area contributed by atoms with Crippen molar-refractivity contribution in [2.45, 2.75) is 37.6 Å². The van der Waals surface area contributed by atoms with Gasteiger partial charge in [-0.3, -0.25) is 4.79 Å². The van der Waals surface area contributed by atoms with Crippen LogP contribution in [0.5, 0.6) is 0 Å². The first-order chi connectivity index (χ1) is 12.1. The van der Waals surface area contributed by atoms with Crippen LogP contribution in [0.2, 0.25) is 5.02 Å². The molecule has 1 amide bonds. The van der Waals surface area contributed by atoms with Gasteiger partial charge < -0.3 is 14.2 Å². The van der Waals surface area contributed by atoms with E-state index in [-0.39, 0.29) is 17.9 Å². The number of fused-ring (bicyclic) bond motifs is 1. The summed E-state index contributed by atoms with van der Waals surface area (Å²) in [5, 5.41) is 3.69. The molecule has 1 aromatic carbocycles. The van der Waals surface area contributed by atoms with Gasteiger partial charge in [-0.05, 0) is 65.9 Å². The fourth-order valence-electron chi connectivity index (χ4n) is 3.28. The molecule has 1 saturated carbocycles. The lowest BCUT2D eigenvalue weighted by Crippen LogP contribution is -2.37. The Bertz CT molecular complexity index is 912. The molecular formula is C18H16BrClN2O3. The first kappa shape index (κ1) is 16.7. The van der Waals surface area contributed by atoms with Crippen molar-refractivity contribution in [3.05, 3.63) is 51.7 Å². The molecule has 0 unspecified atom stereocenters. The second kappa shape index (κ2) is 6.84. The van der Waals surface area contributed by atoms with E-state index in [0.29, 0.717) is 15.3 Å². The summed E-state index contributed by atoms with van der Waals surface area (Å²) in [6.07, 6.45) is 5.10. The van der Waals surface area contributed by atoms with Crippen LogP contribution in [0.15, 0.2) is 43.8 Å². The van der Waals surface area contributed by atoms with E-state index < -0.39 is 0 Å². The van der Waals surface area contributed by atoms with Gasteiger partial charge in [0.05, 0.1) is 10.7 Å². The Morgan fingerprint density at radius 3 is 2.76 bits per heavy atom. The molecule has 130 valence electrons. The number of amides is 1. The molecule has 1 N–H and O–H groups in total. The molecular weight excluding hydrogens is 408 g/mol. The van der Waals surface area contributed by atoms with Crippen LogP contribution in [-0.2, 0) is 0 Å². The predicted molar refractivity (Wildman–Crippen MR) is 97.9 cm³/mol. The van der Waals surface area contributed by atoms with Gasteiger partial charge in [-0.2, -0.15) is 0 Å². The number of carbonyl (C=O) groups excluding carboxylic acids is 1. The minimum absolute atomic E-state index is 0.138. The highest BCUT2D eigenvalue weighted by molar-refractivity contribution is 9.10. The van der Waals surface area contributed by atoms with E-state index in [1.54, 1.807) is 12.1 Å². The number of aromatic nitrogens is 1. The van der Waals surface area contributed by atoms with Gasteiger partial charge in [0.1, 0.15) is 5.52 Å². The van der Waals surface area contributed by atoms with E-state index in [4.69, 9.17) is 20.4 Å². The van der Waals surface area contributed by atoms with E-state index in [1.165, 1.54) is 6.26 Å². The highest BCUT2D eigenvalue weighted by Gasteiger charge is 2.28. The number of furan rings is 1. The third-order valence-corrected chi connectivity index (χ3v) is 5.46. The van der Waals surface area contributed by atoms with Crippen molar-refractivity contribution in [2.75, 3.05) is 0 Å². The summed E-state index contributed by atoms with van der Waals surface area (Å²) in [4.78, 5) is 16.8. The molecule has 1 aliphatic carbocycles. The second-order valence-corrected chi connectivity index (χ2v) is 7.57. The molecule has 5 nitrogen and oxygen atoms in total. The molecule has 0 spiro atoms. The molecule has 2 heterocycles. The SMILES string of the molecule is O=C(NC1CCC(c2nc3cc(Cl)ccc3o2)CC1)c1occc1Br. The summed E-state index contributed by atoms with van der Waals surface area (Å²) in [7, 11) is 0. The van der Waals surface area contributed by atoms with Crippen LogP contribution in [0, 0.1) is 0 Å². The molecule has 1 fully saturated rings. The number of oxazole rings is 1. The molecule has 3 aromatic rings. The molecule has 7 heteroatoms. The Morgan fingerprint density at radius 1 is 1.24 bits per heavy atom. The maximum Gasteiger partial charge on any atom is 0.288 e. The zero-order chi connectivity index (χ0) is 17.4. The summed E-state index contributed by atoms with van der Waals surface area (Å²) >= 11 is 9.31. The first-order valence-corrected chi connectivity index (χ1v) is 9.37. The molecule has 2 aromatic heterocycles. The van der Waals surface area contributed by atoms with Crippen LogP contribution >= 0.6 is 27.5 Å². The lowest BCUT2D eigenvalue weighted by molar-refractivity contribution is 0.0895. The maximum absolute atomic E-state index is 12.2. The van der Waals surface area contributed by atoms with Crippen molar-refractivity contribution >= 4 is 44.5 Å². The van der Waals surface area contributed by atoms with Gasteiger partial charge in [-0.25, -0.2) is 4.98 Å². The van der Waals surface area contributed by atoms with E-state index in [2.05, 4.69) is 26.2 Å². The van der Waals surface area contributed by atoms with E-state index in [0.717, 1.165) is 42.7 Å². The number of carbonyl (C=O) groups is 1. The van der Waals surface area contributed by atoms with Gasteiger partial charge in [0.25, 0.3) is 5.91 Å². The first-order valence-electron chi connectivity index (χ1n) is 8.20. The fraction of sp³-hybridized carbons (Fsp3) is 0.333. The minimum Gasteiger partial charge on any atom is -0.458 e. The summed E-state index contributed by atoms with van der Waals surface area (Å²) in [6.45, 7) is 0. The third-order valence-electron chi connectivity index (χ3n) is 4.60. The van der Waals surface area contributed by atoms with Gasteiger partial charge >= 0.3 is 0 Å². The molecule has 4 rings (SSSR count). The van der Waals surface area contributed by atoms with Gasteiger partial charge in [-0.1, -0.05) is 11.6 Å². The third kappa shape index (κ3) is 3.46. The number of benzene rings is 1. The van der Waals surface area contributed by atoms with Gasteiger partial charge in [0.2, 0.25) is 5.76 Å². The monoisotopic (exact) mass is 422 g/mol. The van der Waals surface area contributed by atoms with Crippen molar-refractivity contribution < 1.29 is 13.6 Å². The average molecular weight is 424 g/mol.